The van der Waals surface area contributed by atoms with Gasteiger partial charge in [0.2, 0.25) is 0 Å². The van der Waals surface area contributed by atoms with E-state index in [4.69, 9.17) is 15.3 Å². The Labute approximate surface area is 94.7 Å². The Morgan fingerprint density at radius 2 is 2.19 bits per heavy atom. The summed E-state index contributed by atoms with van der Waals surface area (Å²) in [5, 5.41) is 1.12. The molecule has 0 aliphatic carbocycles. The summed E-state index contributed by atoms with van der Waals surface area (Å²) in [4.78, 5) is 16.7. The summed E-state index contributed by atoms with van der Waals surface area (Å²) >= 11 is 0. The molecule has 0 unspecified atom stereocenters. The van der Waals surface area contributed by atoms with Crippen molar-refractivity contribution in [3.05, 3.63) is 23.8 Å². The van der Waals surface area contributed by atoms with Gasteiger partial charge in [0, 0.05) is 7.05 Å². The highest BCUT2D eigenvalue weighted by Gasteiger charge is 2.18. The topological polar surface area (TPSA) is 64.8 Å². The highest BCUT2D eigenvalue weighted by molar-refractivity contribution is 5.97. The highest BCUT2D eigenvalue weighted by Crippen LogP contribution is 2.27. The zero-order valence-corrected chi connectivity index (χ0v) is 9.69. The van der Waals surface area contributed by atoms with Crippen LogP contribution >= 0.6 is 0 Å². The Morgan fingerprint density at radius 1 is 1.50 bits per heavy atom. The average molecular weight is 224 g/mol. The van der Waals surface area contributed by atoms with Crippen LogP contribution in [0.3, 0.4) is 0 Å². The van der Waals surface area contributed by atoms with Crippen LogP contribution in [0.15, 0.2) is 18.2 Å². The molecule has 0 spiro atoms. The molecule has 0 aliphatic rings. The highest BCUT2D eigenvalue weighted by atomic mass is 16.7. The molecule has 1 aromatic carbocycles. The molecule has 5 heteroatoms. The Bertz CT molecular complexity index is 379. The lowest BCUT2D eigenvalue weighted by atomic mass is 10.1. The predicted octanol–water partition coefficient (Wildman–Crippen LogP) is 1.30. The summed E-state index contributed by atoms with van der Waals surface area (Å²) < 4.78 is 5.36. The number of para-hydroxylation sites is 1. The van der Waals surface area contributed by atoms with Gasteiger partial charge in [-0.25, -0.2) is 5.06 Å². The first-order valence-corrected chi connectivity index (χ1v) is 4.95. The molecule has 1 amide bonds. The van der Waals surface area contributed by atoms with Gasteiger partial charge >= 0.3 is 0 Å². The summed E-state index contributed by atoms with van der Waals surface area (Å²) in [5.41, 5.74) is 6.59. The third-order valence-corrected chi connectivity index (χ3v) is 2.12. The van der Waals surface area contributed by atoms with Crippen LogP contribution in [0.1, 0.15) is 17.3 Å². The molecule has 2 N–H and O–H groups in total. The number of amides is 1. The van der Waals surface area contributed by atoms with Crippen molar-refractivity contribution in [2.24, 2.45) is 0 Å². The minimum absolute atomic E-state index is 0.293. The van der Waals surface area contributed by atoms with E-state index in [1.807, 2.05) is 6.92 Å². The van der Waals surface area contributed by atoms with Gasteiger partial charge in [-0.2, -0.15) is 0 Å². The summed E-state index contributed by atoms with van der Waals surface area (Å²) in [6.07, 6.45) is 0. The number of rotatable bonds is 4. The molecule has 0 fully saturated rings. The minimum Gasteiger partial charge on any atom is -0.491 e. The predicted molar refractivity (Wildman–Crippen MR) is 61.1 cm³/mol. The second-order valence-electron chi connectivity index (χ2n) is 3.14. The van der Waals surface area contributed by atoms with Gasteiger partial charge in [-0.1, -0.05) is 6.07 Å². The number of nitrogens with two attached hydrogens (primary N) is 1. The van der Waals surface area contributed by atoms with Crippen molar-refractivity contribution < 1.29 is 14.4 Å². The van der Waals surface area contributed by atoms with Crippen molar-refractivity contribution in [1.29, 1.82) is 0 Å². The van der Waals surface area contributed by atoms with E-state index in [1.165, 1.54) is 14.2 Å². The van der Waals surface area contributed by atoms with Crippen molar-refractivity contribution in [3.63, 3.8) is 0 Å². The van der Waals surface area contributed by atoms with Crippen LogP contribution in [0.25, 0.3) is 0 Å². The first kappa shape index (κ1) is 12.3. The number of carbonyl (C=O) groups excluding carboxylic acids is 1. The number of nitrogens with zero attached hydrogens (tertiary/aromatic N) is 1. The molecule has 88 valence electrons. The number of ether oxygens (including phenoxy) is 1. The lowest BCUT2D eigenvalue weighted by molar-refractivity contribution is -0.0758. The van der Waals surface area contributed by atoms with Gasteiger partial charge in [-0.05, 0) is 19.1 Å². The van der Waals surface area contributed by atoms with Gasteiger partial charge in [0.15, 0.2) is 5.75 Å². The van der Waals surface area contributed by atoms with Crippen LogP contribution in [0, 0.1) is 0 Å². The number of anilines is 1. The molecule has 1 rings (SSSR count). The zero-order valence-electron chi connectivity index (χ0n) is 9.69. The van der Waals surface area contributed by atoms with E-state index in [0.29, 0.717) is 23.6 Å². The Balaban J connectivity index is 3.12. The van der Waals surface area contributed by atoms with E-state index in [2.05, 4.69) is 0 Å². The van der Waals surface area contributed by atoms with Crippen LogP contribution in [-0.2, 0) is 4.84 Å². The number of hydroxylamine groups is 2. The normalized spacial score (nSPS) is 9.94. The SMILES string of the molecule is CCOc1c(N)cccc1C(=O)N(C)OC. The quantitative estimate of drug-likeness (QED) is 0.618. The van der Waals surface area contributed by atoms with Gasteiger partial charge in [0.1, 0.15) is 0 Å². The Hall–Kier alpha value is -1.75. The van der Waals surface area contributed by atoms with Crippen LogP contribution in [0.5, 0.6) is 5.75 Å². The molecular formula is C11H16N2O3. The zero-order chi connectivity index (χ0) is 12.1. The van der Waals surface area contributed by atoms with Crippen molar-refractivity contribution >= 4 is 11.6 Å². The van der Waals surface area contributed by atoms with E-state index in [9.17, 15) is 4.79 Å². The molecule has 0 atom stereocenters. The van der Waals surface area contributed by atoms with E-state index in [-0.39, 0.29) is 5.91 Å². The van der Waals surface area contributed by atoms with Crippen molar-refractivity contribution in [2.75, 3.05) is 26.5 Å². The summed E-state index contributed by atoms with van der Waals surface area (Å²) in [7, 11) is 2.95. The van der Waals surface area contributed by atoms with E-state index in [0.717, 1.165) is 5.06 Å². The molecule has 5 nitrogen and oxygen atoms in total. The average Bonchev–Trinajstić information content (AvgIpc) is 2.30. The van der Waals surface area contributed by atoms with Crippen LogP contribution in [0.2, 0.25) is 0 Å². The van der Waals surface area contributed by atoms with Gasteiger partial charge < -0.3 is 10.5 Å². The lowest BCUT2D eigenvalue weighted by Crippen LogP contribution is -2.26. The maximum absolute atomic E-state index is 11.9. The molecule has 0 saturated heterocycles. The molecule has 0 radical (unpaired) electrons. The first-order chi connectivity index (χ1) is 7.61. The third kappa shape index (κ3) is 2.43. The standard InChI is InChI=1S/C11H16N2O3/c1-4-16-10-8(6-5-7-9(10)12)11(14)13(2)15-3/h5-7H,4,12H2,1-3H3. The van der Waals surface area contributed by atoms with Gasteiger partial charge in [-0.3, -0.25) is 9.63 Å². The molecule has 0 aromatic heterocycles. The fraction of sp³-hybridized carbons (Fsp3) is 0.364. The fourth-order valence-corrected chi connectivity index (χ4v) is 1.28. The number of hydrogen-bond donors (Lipinski definition) is 1. The lowest BCUT2D eigenvalue weighted by Gasteiger charge is -2.17. The van der Waals surface area contributed by atoms with Crippen LogP contribution in [-0.4, -0.2) is 31.7 Å². The summed E-state index contributed by atoms with van der Waals surface area (Å²) in [5.74, 6) is 0.108. The maximum Gasteiger partial charge on any atom is 0.280 e. The first-order valence-electron chi connectivity index (χ1n) is 4.95. The van der Waals surface area contributed by atoms with E-state index in [1.54, 1.807) is 18.2 Å². The minimum atomic E-state index is -0.293. The number of benzene rings is 1. The molecule has 0 saturated carbocycles. The largest absolute Gasteiger partial charge is 0.491 e. The number of hydrogen-bond acceptors (Lipinski definition) is 4. The number of nitrogen functional groups attached to an aromatic ring is 1. The van der Waals surface area contributed by atoms with Crippen molar-refractivity contribution in [3.8, 4) is 5.75 Å². The molecule has 0 aliphatic heterocycles. The Kier molecular flexibility index (Phi) is 4.13. The smallest absolute Gasteiger partial charge is 0.280 e. The van der Waals surface area contributed by atoms with Crippen LogP contribution in [0.4, 0.5) is 5.69 Å². The van der Waals surface area contributed by atoms with Gasteiger partial charge in [-0.15, -0.1) is 0 Å². The third-order valence-electron chi connectivity index (χ3n) is 2.12. The second-order valence-corrected chi connectivity index (χ2v) is 3.14. The molecule has 1 aromatic rings. The molecule has 0 bridgehead atoms. The van der Waals surface area contributed by atoms with Crippen molar-refractivity contribution in [1.82, 2.24) is 5.06 Å². The molecule has 0 heterocycles. The number of carbonyl (C=O) groups is 1. The maximum atomic E-state index is 11.9. The van der Waals surface area contributed by atoms with Crippen LogP contribution < -0.4 is 10.5 Å². The van der Waals surface area contributed by atoms with Crippen molar-refractivity contribution in [2.45, 2.75) is 6.92 Å². The molecular weight excluding hydrogens is 208 g/mol. The van der Waals surface area contributed by atoms with E-state index < -0.39 is 0 Å². The second kappa shape index (κ2) is 5.37. The Morgan fingerprint density at radius 3 is 2.75 bits per heavy atom. The van der Waals surface area contributed by atoms with E-state index >= 15 is 0 Å². The monoisotopic (exact) mass is 224 g/mol. The van der Waals surface area contributed by atoms with Gasteiger partial charge in [0.05, 0.1) is 25.0 Å². The fourth-order valence-electron chi connectivity index (χ4n) is 1.28. The molecule has 16 heavy (non-hydrogen) atoms. The van der Waals surface area contributed by atoms with Gasteiger partial charge in [0.25, 0.3) is 5.91 Å². The summed E-state index contributed by atoms with van der Waals surface area (Å²) in [6.45, 7) is 2.28. The summed E-state index contributed by atoms with van der Waals surface area (Å²) in [6, 6.07) is 5.04.